The van der Waals surface area contributed by atoms with Crippen molar-refractivity contribution in [2.75, 3.05) is 0 Å². The Labute approximate surface area is 136 Å². The molecule has 4 heteroatoms. The van der Waals surface area contributed by atoms with E-state index in [1.165, 1.54) is 32.1 Å². The number of fused-ring (bicyclic) bond motifs is 1. The number of oxime groups is 1. The first-order valence-electron chi connectivity index (χ1n) is 8.46. The van der Waals surface area contributed by atoms with Crippen molar-refractivity contribution in [1.82, 2.24) is 0 Å². The van der Waals surface area contributed by atoms with Crippen molar-refractivity contribution in [1.29, 1.82) is 0 Å². The molecule has 2 aliphatic rings. The van der Waals surface area contributed by atoms with E-state index in [9.17, 15) is 0 Å². The van der Waals surface area contributed by atoms with Crippen LogP contribution in [0.4, 0.5) is 0 Å². The van der Waals surface area contributed by atoms with Crippen LogP contribution >= 0.6 is 11.6 Å². The SMILES string of the molecule is CC12CCCCC1(Cl)/C(=N/O[Si](C)(C)C(C)(C)C)CCC2. The molecule has 2 atom stereocenters. The van der Waals surface area contributed by atoms with Gasteiger partial charge in [-0.3, -0.25) is 0 Å². The number of nitrogens with zero attached hydrogens (tertiary/aromatic N) is 1. The monoisotopic (exact) mass is 329 g/mol. The van der Waals surface area contributed by atoms with Gasteiger partial charge in [0.25, 0.3) is 8.32 Å². The van der Waals surface area contributed by atoms with Gasteiger partial charge in [0.15, 0.2) is 0 Å². The fourth-order valence-electron chi connectivity index (χ4n) is 3.47. The summed E-state index contributed by atoms with van der Waals surface area (Å²) in [5.74, 6) is 0. The van der Waals surface area contributed by atoms with E-state index in [-0.39, 0.29) is 15.3 Å². The molecule has 0 aromatic carbocycles. The standard InChI is InChI=1S/C17H32ClNOSi/c1-15(2,3)21(5,6)20-19-14-10-9-12-16(4)11-7-8-13-17(14,16)18/h7-13H2,1-6H3/b19-14+. The Morgan fingerprint density at radius 1 is 1.10 bits per heavy atom. The molecule has 0 radical (unpaired) electrons. The molecule has 21 heavy (non-hydrogen) atoms. The minimum absolute atomic E-state index is 0.182. The molecule has 0 aromatic heterocycles. The summed E-state index contributed by atoms with van der Waals surface area (Å²) in [4.78, 5) is -0.258. The topological polar surface area (TPSA) is 21.6 Å². The molecular weight excluding hydrogens is 298 g/mol. The van der Waals surface area contributed by atoms with Gasteiger partial charge in [0.2, 0.25) is 0 Å². The third-order valence-corrected chi connectivity index (χ3v) is 11.3. The van der Waals surface area contributed by atoms with Crippen LogP contribution in [0.5, 0.6) is 0 Å². The second kappa shape index (κ2) is 5.56. The zero-order chi connectivity index (χ0) is 15.9. The second-order valence-electron chi connectivity index (χ2n) is 8.81. The van der Waals surface area contributed by atoms with Crippen molar-refractivity contribution >= 4 is 25.6 Å². The summed E-state index contributed by atoms with van der Waals surface area (Å²) in [5, 5.41) is 4.85. The zero-order valence-electron chi connectivity index (χ0n) is 14.7. The maximum absolute atomic E-state index is 7.13. The minimum Gasteiger partial charge on any atom is -0.455 e. The van der Waals surface area contributed by atoms with Crippen LogP contribution in [-0.4, -0.2) is 18.9 Å². The molecule has 0 aliphatic heterocycles. The van der Waals surface area contributed by atoms with Crippen LogP contribution in [0.3, 0.4) is 0 Å². The van der Waals surface area contributed by atoms with Crippen molar-refractivity contribution in [3.8, 4) is 0 Å². The number of halogens is 1. The summed E-state index contributed by atoms with van der Waals surface area (Å²) in [5.41, 5.74) is 1.34. The number of hydrogen-bond donors (Lipinski definition) is 0. The van der Waals surface area contributed by atoms with E-state index in [1.807, 2.05) is 0 Å². The molecule has 2 aliphatic carbocycles. The third kappa shape index (κ3) is 3.05. The normalized spacial score (nSPS) is 36.4. The first-order valence-corrected chi connectivity index (χ1v) is 11.7. The van der Waals surface area contributed by atoms with Crippen molar-refractivity contribution in [3.63, 3.8) is 0 Å². The Balaban J connectivity index is 2.24. The second-order valence-corrected chi connectivity index (χ2v) is 14.2. The smallest absolute Gasteiger partial charge is 0.286 e. The fraction of sp³-hybridized carbons (Fsp3) is 0.941. The Kier molecular flexibility index (Phi) is 4.59. The van der Waals surface area contributed by atoms with Crippen molar-refractivity contribution < 1.29 is 4.53 Å². The van der Waals surface area contributed by atoms with E-state index in [4.69, 9.17) is 16.1 Å². The molecule has 2 saturated carbocycles. The molecule has 0 saturated heterocycles. The van der Waals surface area contributed by atoms with E-state index < -0.39 is 8.32 Å². The van der Waals surface area contributed by atoms with Gasteiger partial charge in [0.1, 0.15) is 0 Å². The third-order valence-electron chi connectivity index (χ3n) is 6.25. The maximum atomic E-state index is 7.13. The Morgan fingerprint density at radius 3 is 2.29 bits per heavy atom. The summed E-state index contributed by atoms with van der Waals surface area (Å²) in [7, 11) is -1.85. The van der Waals surface area contributed by atoms with Crippen LogP contribution < -0.4 is 0 Å². The Bertz CT molecular complexity index is 425. The molecule has 0 spiro atoms. The Hall–Kier alpha value is -0.0231. The summed E-state index contributed by atoms with van der Waals surface area (Å²) in [6, 6.07) is 0. The molecule has 0 bridgehead atoms. The lowest BCUT2D eigenvalue weighted by atomic mass is 9.59. The lowest BCUT2D eigenvalue weighted by molar-refractivity contribution is 0.149. The summed E-state index contributed by atoms with van der Waals surface area (Å²) >= 11 is 7.13. The maximum Gasteiger partial charge on any atom is 0.286 e. The van der Waals surface area contributed by atoms with Crippen LogP contribution in [0.25, 0.3) is 0 Å². The number of hydrogen-bond acceptors (Lipinski definition) is 2. The molecule has 0 heterocycles. The van der Waals surface area contributed by atoms with Crippen molar-refractivity contribution in [2.24, 2.45) is 10.6 Å². The predicted octanol–water partition coefficient (Wildman–Crippen LogP) is 6.11. The first-order chi connectivity index (χ1) is 9.52. The van der Waals surface area contributed by atoms with E-state index in [1.54, 1.807) is 0 Å². The molecule has 2 fully saturated rings. The fourth-order valence-corrected chi connectivity index (χ4v) is 4.53. The van der Waals surface area contributed by atoms with Crippen LogP contribution in [0.1, 0.15) is 72.6 Å². The highest BCUT2D eigenvalue weighted by atomic mass is 35.5. The van der Waals surface area contributed by atoms with Gasteiger partial charge >= 0.3 is 0 Å². The van der Waals surface area contributed by atoms with E-state index >= 15 is 0 Å². The molecule has 2 rings (SSSR count). The van der Waals surface area contributed by atoms with Gasteiger partial charge in [-0.25, -0.2) is 0 Å². The van der Waals surface area contributed by atoms with Gasteiger partial charge in [-0.05, 0) is 55.7 Å². The van der Waals surface area contributed by atoms with Crippen LogP contribution in [-0.2, 0) is 4.53 Å². The summed E-state index contributed by atoms with van der Waals surface area (Å²) < 4.78 is 6.14. The molecule has 122 valence electrons. The highest BCUT2D eigenvalue weighted by molar-refractivity contribution is 6.74. The summed E-state index contributed by atoms with van der Waals surface area (Å²) in [6.07, 6.45) is 8.26. The van der Waals surface area contributed by atoms with E-state index in [0.29, 0.717) is 0 Å². The lowest BCUT2D eigenvalue weighted by Crippen LogP contribution is -2.53. The average molecular weight is 330 g/mol. The quantitative estimate of drug-likeness (QED) is 0.340. The first kappa shape index (κ1) is 17.3. The molecular formula is C17H32ClNOSi. The Morgan fingerprint density at radius 2 is 1.67 bits per heavy atom. The molecule has 0 aromatic rings. The van der Waals surface area contributed by atoms with Gasteiger partial charge in [-0.1, -0.05) is 40.5 Å². The molecule has 2 nitrogen and oxygen atoms in total. The van der Waals surface area contributed by atoms with Gasteiger partial charge in [0.05, 0.1) is 10.6 Å². The molecule has 0 amide bonds. The van der Waals surface area contributed by atoms with E-state index in [0.717, 1.165) is 18.6 Å². The lowest BCUT2D eigenvalue weighted by Gasteiger charge is -2.51. The number of alkyl halides is 1. The van der Waals surface area contributed by atoms with Gasteiger partial charge in [-0.15, -0.1) is 16.8 Å². The molecule has 0 N–H and O–H groups in total. The minimum atomic E-state index is -1.85. The van der Waals surface area contributed by atoms with Gasteiger partial charge in [0, 0.05) is 0 Å². The zero-order valence-corrected chi connectivity index (χ0v) is 16.4. The van der Waals surface area contributed by atoms with Crippen LogP contribution in [0.2, 0.25) is 18.1 Å². The molecule has 2 unspecified atom stereocenters. The van der Waals surface area contributed by atoms with Crippen molar-refractivity contribution in [2.45, 2.75) is 95.6 Å². The van der Waals surface area contributed by atoms with Gasteiger partial charge < -0.3 is 4.53 Å². The largest absolute Gasteiger partial charge is 0.455 e. The van der Waals surface area contributed by atoms with E-state index in [2.05, 4.69) is 45.9 Å². The highest BCUT2D eigenvalue weighted by Crippen LogP contribution is 2.55. The average Bonchev–Trinajstić information content (AvgIpc) is 2.35. The van der Waals surface area contributed by atoms with Gasteiger partial charge in [-0.2, -0.15) is 0 Å². The van der Waals surface area contributed by atoms with Crippen LogP contribution in [0.15, 0.2) is 5.16 Å². The highest BCUT2D eigenvalue weighted by Gasteiger charge is 2.54. The van der Waals surface area contributed by atoms with Crippen molar-refractivity contribution in [3.05, 3.63) is 0 Å². The number of rotatable bonds is 2. The summed E-state index contributed by atoms with van der Waals surface area (Å²) in [6.45, 7) is 13.6. The van der Waals surface area contributed by atoms with Crippen LogP contribution in [0, 0.1) is 5.41 Å². The predicted molar refractivity (Wildman–Crippen MR) is 94.7 cm³/mol.